The van der Waals surface area contributed by atoms with Gasteiger partial charge < -0.3 is 14.7 Å². The second kappa shape index (κ2) is 6.68. The number of ether oxygens (including phenoxy) is 1. The van der Waals surface area contributed by atoms with E-state index < -0.39 is 11.4 Å². The van der Waals surface area contributed by atoms with Gasteiger partial charge in [0.25, 0.3) is 0 Å². The van der Waals surface area contributed by atoms with Crippen LogP contribution in [-0.2, 0) is 5.60 Å². The van der Waals surface area contributed by atoms with Gasteiger partial charge in [-0.05, 0) is 51.1 Å². The van der Waals surface area contributed by atoms with E-state index >= 15 is 0 Å². The Balaban J connectivity index is 2.43. The zero-order valence-corrected chi connectivity index (χ0v) is 13.5. The predicted octanol–water partition coefficient (Wildman–Crippen LogP) is 2.63. The average molecular weight is 305 g/mol. The molecule has 0 amide bonds. The second-order valence-corrected chi connectivity index (χ2v) is 6.41. The van der Waals surface area contributed by atoms with Crippen LogP contribution in [0.5, 0.6) is 5.75 Å². The summed E-state index contributed by atoms with van der Waals surface area (Å²) in [6.45, 7) is 0.729. The number of methoxy groups -OCH3 is 1. The van der Waals surface area contributed by atoms with Gasteiger partial charge in [-0.3, -0.25) is 0 Å². The maximum atomic E-state index is 13.9. The number of terminal acetylenes is 1. The van der Waals surface area contributed by atoms with Gasteiger partial charge in [-0.1, -0.05) is 0 Å². The number of benzene rings is 1. The quantitative estimate of drug-likeness (QED) is 0.868. The fourth-order valence-corrected chi connectivity index (χ4v) is 3.39. The predicted molar refractivity (Wildman–Crippen MR) is 85.1 cm³/mol. The first-order valence-electron chi connectivity index (χ1n) is 7.57. The van der Waals surface area contributed by atoms with Crippen molar-refractivity contribution in [3.05, 3.63) is 29.6 Å². The lowest BCUT2D eigenvalue weighted by molar-refractivity contribution is -0.0718. The van der Waals surface area contributed by atoms with Crippen molar-refractivity contribution < 1.29 is 14.2 Å². The van der Waals surface area contributed by atoms with E-state index in [-0.39, 0.29) is 11.8 Å². The van der Waals surface area contributed by atoms with Crippen LogP contribution in [0, 0.1) is 30.0 Å². The first-order valence-corrected chi connectivity index (χ1v) is 7.57. The molecule has 1 fully saturated rings. The topological polar surface area (TPSA) is 32.7 Å². The number of rotatable bonds is 4. The molecule has 1 saturated carbocycles. The fourth-order valence-electron chi connectivity index (χ4n) is 3.39. The molecule has 0 bridgehead atoms. The van der Waals surface area contributed by atoms with E-state index in [1.54, 1.807) is 6.07 Å². The lowest BCUT2D eigenvalue weighted by Gasteiger charge is -2.43. The van der Waals surface area contributed by atoms with Crippen molar-refractivity contribution in [3.63, 3.8) is 0 Å². The lowest BCUT2D eigenvalue weighted by Crippen LogP contribution is -2.45. The second-order valence-electron chi connectivity index (χ2n) is 6.41. The molecule has 2 rings (SSSR count). The van der Waals surface area contributed by atoms with Gasteiger partial charge in [-0.15, -0.1) is 12.3 Å². The van der Waals surface area contributed by atoms with Crippen LogP contribution in [0.1, 0.15) is 24.8 Å². The van der Waals surface area contributed by atoms with Crippen LogP contribution in [0.3, 0.4) is 0 Å². The van der Waals surface area contributed by atoms with Crippen molar-refractivity contribution in [2.75, 3.05) is 27.7 Å². The highest BCUT2D eigenvalue weighted by atomic mass is 19.1. The van der Waals surface area contributed by atoms with E-state index in [4.69, 9.17) is 11.2 Å². The van der Waals surface area contributed by atoms with Crippen LogP contribution in [0.2, 0.25) is 0 Å². The van der Waals surface area contributed by atoms with Crippen LogP contribution in [-0.4, -0.2) is 37.8 Å². The van der Waals surface area contributed by atoms with Crippen molar-refractivity contribution in [2.24, 2.45) is 11.8 Å². The van der Waals surface area contributed by atoms with Gasteiger partial charge >= 0.3 is 0 Å². The smallest absolute Gasteiger partial charge is 0.127 e. The molecule has 22 heavy (non-hydrogen) atoms. The van der Waals surface area contributed by atoms with E-state index in [0.29, 0.717) is 17.7 Å². The molecule has 4 heteroatoms. The molecule has 0 aromatic heterocycles. The number of hydrogen-bond acceptors (Lipinski definition) is 3. The minimum Gasteiger partial charge on any atom is -0.497 e. The van der Waals surface area contributed by atoms with E-state index in [1.165, 1.54) is 19.2 Å². The van der Waals surface area contributed by atoms with Gasteiger partial charge in [0.05, 0.1) is 12.7 Å². The summed E-state index contributed by atoms with van der Waals surface area (Å²) in [4.78, 5) is 2.04. The number of halogens is 1. The molecular weight excluding hydrogens is 281 g/mol. The highest BCUT2D eigenvalue weighted by Crippen LogP contribution is 2.45. The molecule has 0 saturated heterocycles. The van der Waals surface area contributed by atoms with Crippen molar-refractivity contribution in [1.29, 1.82) is 0 Å². The van der Waals surface area contributed by atoms with Crippen LogP contribution < -0.4 is 4.74 Å². The Kier molecular flexibility index (Phi) is 5.10. The molecule has 0 heterocycles. The Hall–Kier alpha value is -1.57. The van der Waals surface area contributed by atoms with Crippen LogP contribution in [0.25, 0.3) is 0 Å². The summed E-state index contributed by atoms with van der Waals surface area (Å²) in [7, 11) is 5.44. The fraction of sp³-hybridized carbons (Fsp3) is 0.556. The van der Waals surface area contributed by atoms with E-state index in [1.807, 2.05) is 19.0 Å². The Morgan fingerprint density at radius 3 is 2.73 bits per heavy atom. The molecule has 0 radical (unpaired) electrons. The van der Waals surface area contributed by atoms with Crippen molar-refractivity contribution in [1.82, 2.24) is 4.90 Å². The van der Waals surface area contributed by atoms with E-state index in [0.717, 1.165) is 19.4 Å². The van der Waals surface area contributed by atoms with Crippen LogP contribution >= 0.6 is 0 Å². The van der Waals surface area contributed by atoms with Gasteiger partial charge in [0, 0.05) is 24.4 Å². The molecule has 120 valence electrons. The van der Waals surface area contributed by atoms with Crippen molar-refractivity contribution in [2.45, 2.75) is 24.9 Å². The summed E-state index contributed by atoms with van der Waals surface area (Å²) in [5, 5.41) is 11.4. The molecule has 3 nitrogen and oxygen atoms in total. The normalized spacial score (nSPS) is 28.4. The largest absolute Gasteiger partial charge is 0.497 e. The maximum absolute atomic E-state index is 13.9. The molecule has 1 aliphatic carbocycles. The molecule has 1 N–H and O–H groups in total. The monoisotopic (exact) mass is 305 g/mol. The maximum Gasteiger partial charge on any atom is 0.127 e. The van der Waals surface area contributed by atoms with Crippen LogP contribution in [0.15, 0.2) is 18.2 Å². The summed E-state index contributed by atoms with van der Waals surface area (Å²) < 4.78 is 19.0. The Morgan fingerprint density at radius 1 is 1.41 bits per heavy atom. The average Bonchev–Trinajstić information content (AvgIpc) is 2.48. The molecule has 1 aromatic rings. The Morgan fingerprint density at radius 2 is 2.14 bits per heavy atom. The Bertz CT molecular complexity index is 567. The molecule has 1 aliphatic rings. The van der Waals surface area contributed by atoms with E-state index in [2.05, 4.69) is 5.92 Å². The zero-order chi connectivity index (χ0) is 16.3. The van der Waals surface area contributed by atoms with Gasteiger partial charge in [0.1, 0.15) is 11.6 Å². The lowest BCUT2D eigenvalue weighted by atomic mass is 9.67. The standard InChI is InChI=1S/C18H24FNO2/c1-5-13-6-7-14(12-20(2)3)18(21,11-13)15-8-16(19)10-17(9-15)22-4/h1,8-10,13-14,21H,6-7,11-12H2,2-4H3/t13-,14+,18+/m0/s1. The molecule has 3 atom stereocenters. The number of hydrogen-bond donors (Lipinski definition) is 1. The highest BCUT2D eigenvalue weighted by molar-refractivity contribution is 5.34. The third-order valence-corrected chi connectivity index (χ3v) is 4.52. The van der Waals surface area contributed by atoms with Crippen molar-refractivity contribution >= 4 is 0 Å². The van der Waals surface area contributed by atoms with Gasteiger partial charge in [0.15, 0.2) is 0 Å². The summed E-state index contributed by atoms with van der Waals surface area (Å²) in [6.07, 6.45) is 7.73. The van der Waals surface area contributed by atoms with Gasteiger partial charge in [0.2, 0.25) is 0 Å². The molecule has 0 spiro atoms. The first kappa shape index (κ1) is 16.8. The third-order valence-electron chi connectivity index (χ3n) is 4.52. The zero-order valence-electron chi connectivity index (χ0n) is 13.5. The molecule has 0 unspecified atom stereocenters. The highest BCUT2D eigenvalue weighted by Gasteiger charge is 2.44. The first-order chi connectivity index (χ1) is 10.4. The number of aliphatic hydroxyl groups is 1. The van der Waals surface area contributed by atoms with Gasteiger partial charge in [-0.25, -0.2) is 4.39 Å². The molecule has 0 aliphatic heterocycles. The summed E-state index contributed by atoms with van der Waals surface area (Å²) in [5.74, 6) is 2.78. The minimum atomic E-state index is -1.13. The summed E-state index contributed by atoms with van der Waals surface area (Å²) in [6, 6.07) is 4.42. The molecular formula is C18H24FNO2. The molecule has 1 aromatic carbocycles. The Labute approximate surface area is 132 Å². The summed E-state index contributed by atoms with van der Waals surface area (Å²) in [5.41, 5.74) is -0.578. The number of nitrogens with zero attached hydrogens (tertiary/aromatic N) is 1. The van der Waals surface area contributed by atoms with Crippen molar-refractivity contribution in [3.8, 4) is 18.1 Å². The van der Waals surface area contributed by atoms with Crippen LogP contribution in [0.4, 0.5) is 4.39 Å². The SMILES string of the molecule is C#C[C@H]1CC[C@H](CN(C)C)[C@@](O)(c2cc(F)cc(OC)c2)C1. The summed E-state index contributed by atoms with van der Waals surface area (Å²) >= 11 is 0. The third kappa shape index (κ3) is 3.43. The van der Waals surface area contributed by atoms with E-state index in [9.17, 15) is 9.50 Å². The van der Waals surface area contributed by atoms with Gasteiger partial charge in [-0.2, -0.15) is 0 Å². The minimum absolute atomic E-state index is 0.0117.